The molecule has 0 heterocycles. The highest BCUT2D eigenvalue weighted by molar-refractivity contribution is 6.35. The number of hydrogen-bond acceptors (Lipinski definition) is 5. The van der Waals surface area contributed by atoms with Gasteiger partial charge in [-0.05, 0) is 11.1 Å². The number of ketones is 1. The first-order chi connectivity index (χ1) is 8.45. The normalized spacial score (nSPS) is 12.0. The molecule has 98 valence electrons. The van der Waals surface area contributed by atoms with E-state index in [4.69, 9.17) is 10.9 Å². The van der Waals surface area contributed by atoms with E-state index in [0.717, 1.165) is 12.6 Å². The first-order valence-corrected chi connectivity index (χ1v) is 5.42. The summed E-state index contributed by atoms with van der Waals surface area (Å²) in [5, 5.41) is 18.8. The number of carbonyl (C=O) groups excluding carboxylic acids is 2. The van der Waals surface area contributed by atoms with Gasteiger partial charge in [-0.3, -0.25) is 14.8 Å². The lowest BCUT2D eigenvalue weighted by Gasteiger charge is -2.12. The molecule has 0 bridgehead atoms. The van der Waals surface area contributed by atoms with Gasteiger partial charge >= 0.3 is 5.91 Å². The maximum atomic E-state index is 11.4. The molecule has 0 aliphatic rings. The lowest BCUT2D eigenvalue weighted by molar-refractivity contribution is -0.166. The number of hydrogen-bond donors (Lipinski definition) is 3. The summed E-state index contributed by atoms with van der Waals surface area (Å²) < 4.78 is 0. The van der Waals surface area contributed by atoms with Crippen molar-refractivity contribution in [1.82, 2.24) is 5.06 Å². The van der Waals surface area contributed by atoms with E-state index in [1.807, 2.05) is 0 Å². The Kier molecular flexibility index (Phi) is 4.96. The zero-order valence-electron chi connectivity index (χ0n) is 10.0. The Morgan fingerprint density at radius 2 is 2.11 bits per heavy atom. The number of rotatable bonds is 5. The third-order valence-electron chi connectivity index (χ3n) is 2.48. The van der Waals surface area contributed by atoms with E-state index >= 15 is 0 Å². The summed E-state index contributed by atoms with van der Waals surface area (Å²) in [6.45, 7) is 0.326. The van der Waals surface area contributed by atoms with Gasteiger partial charge in [0.05, 0.1) is 6.10 Å². The van der Waals surface area contributed by atoms with Crippen molar-refractivity contribution in [3.63, 3.8) is 0 Å². The number of Topliss-reactive ketones (excluding diaryl/α,β-unsaturated/α-hetero) is 1. The monoisotopic (exact) mass is 252 g/mol. The summed E-state index contributed by atoms with van der Waals surface area (Å²) >= 11 is 0. The Balaban J connectivity index is 2.73. The summed E-state index contributed by atoms with van der Waals surface area (Å²) in [5.74, 6) is -1.91. The predicted molar refractivity (Wildman–Crippen MR) is 63.5 cm³/mol. The number of amides is 1. The summed E-state index contributed by atoms with van der Waals surface area (Å²) in [4.78, 5) is 22.5. The van der Waals surface area contributed by atoms with Gasteiger partial charge in [-0.15, -0.1) is 0 Å². The quantitative estimate of drug-likeness (QED) is 0.388. The second-order valence-corrected chi connectivity index (χ2v) is 3.92. The second kappa shape index (κ2) is 6.25. The van der Waals surface area contributed by atoms with Crippen molar-refractivity contribution < 1.29 is 19.9 Å². The molecule has 0 fully saturated rings. The number of aliphatic hydroxyl groups excluding tert-OH is 1. The predicted octanol–water partition coefficient (Wildman–Crippen LogP) is -0.0145. The van der Waals surface area contributed by atoms with Crippen LogP contribution in [0.2, 0.25) is 0 Å². The molecule has 1 aromatic carbocycles. The van der Waals surface area contributed by atoms with Gasteiger partial charge in [0.15, 0.2) is 0 Å². The van der Waals surface area contributed by atoms with Crippen molar-refractivity contribution in [2.45, 2.75) is 19.1 Å². The molecule has 0 saturated heterocycles. The smallest absolute Gasteiger partial charge is 0.313 e. The van der Waals surface area contributed by atoms with Crippen molar-refractivity contribution >= 4 is 11.7 Å². The zero-order valence-corrected chi connectivity index (χ0v) is 10.0. The Bertz CT molecular complexity index is 445. The van der Waals surface area contributed by atoms with Gasteiger partial charge in [-0.1, -0.05) is 24.3 Å². The molecule has 1 unspecified atom stereocenters. The van der Waals surface area contributed by atoms with Crippen LogP contribution >= 0.6 is 0 Å². The van der Waals surface area contributed by atoms with E-state index in [1.165, 1.54) is 0 Å². The SMILES string of the molecule is CN(O)C(=O)C(=O)CC(O)c1cccc(CN)c1. The fourth-order valence-electron chi connectivity index (χ4n) is 1.49. The molecule has 1 amide bonds. The summed E-state index contributed by atoms with van der Waals surface area (Å²) in [5.41, 5.74) is 6.80. The molecule has 0 aromatic heterocycles. The third kappa shape index (κ3) is 3.63. The minimum atomic E-state index is -1.09. The highest BCUT2D eigenvalue weighted by Crippen LogP contribution is 2.18. The average Bonchev–Trinajstić information content (AvgIpc) is 2.37. The fourth-order valence-corrected chi connectivity index (χ4v) is 1.49. The molecule has 0 radical (unpaired) electrons. The van der Waals surface area contributed by atoms with Crippen LogP contribution in [0.1, 0.15) is 23.7 Å². The van der Waals surface area contributed by atoms with Crippen LogP contribution in [0.5, 0.6) is 0 Å². The number of hydroxylamine groups is 2. The number of nitrogens with zero attached hydrogens (tertiary/aromatic N) is 1. The highest BCUT2D eigenvalue weighted by Gasteiger charge is 2.21. The van der Waals surface area contributed by atoms with Gasteiger partial charge in [-0.2, -0.15) is 0 Å². The number of benzene rings is 1. The molecule has 6 nitrogen and oxygen atoms in total. The molecule has 0 aliphatic carbocycles. The van der Waals surface area contributed by atoms with E-state index in [1.54, 1.807) is 24.3 Å². The van der Waals surface area contributed by atoms with Crippen molar-refractivity contribution in [2.75, 3.05) is 7.05 Å². The highest BCUT2D eigenvalue weighted by atomic mass is 16.5. The van der Waals surface area contributed by atoms with Crippen molar-refractivity contribution in [2.24, 2.45) is 5.73 Å². The van der Waals surface area contributed by atoms with Crippen LogP contribution < -0.4 is 5.73 Å². The molecule has 1 aromatic rings. The lowest BCUT2D eigenvalue weighted by Crippen LogP contribution is -2.31. The van der Waals surface area contributed by atoms with Crippen LogP contribution in [0.3, 0.4) is 0 Å². The maximum absolute atomic E-state index is 11.4. The van der Waals surface area contributed by atoms with Crippen LogP contribution in [0.4, 0.5) is 0 Å². The molecule has 0 spiro atoms. The largest absolute Gasteiger partial charge is 0.388 e. The molecule has 4 N–H and O–H groups in total. The van der Waals surface area contributed by atoms with Crippen LogP contribution in [0.15, 0.2) is 24.3 Å². The Hall–Kier alpha value is -1.76. The Labute approximate surface area is 105 Å². The third-order valence-corrected chi connectivity index (χ3v) is 2.48. The molecular weight excluding hydrogens is 236 g/mol. The van der Waals surface area contributed by atoms with Gasteiger partial charge in [-0.25, -0.2) is 5.06 Å². The molecular formula is C12H16N2O4. The Morgan fingerprint density at radius 1 is 1.44 bits per heavy atom. The average molecular weight is 252 g/mol. The van der Waals surface area contributed by atoms with E-state index < -0.39 is 17.8 Å². The Morgan fingerprint density at radius 3 is 2.67 bits per heavy atom. The molecule has 1 atom stereocenters. The lowest BCUT2D eigenvalue weighted by atomic mass is 10.0. The fraction of sp³-hybridized carbons (Fsp3) is 0.333. The summed E-state index contributed by atoms with van der Waals surface area (Å²) in [6, 6.07) is 6.82. The second-order valence-electron chi connectivity index (χ2n) is 3.92. The summed E-state index contributed by atoms with van der Waals surface area (Å²) in [6.07, 6.45) is -1.47. The van der Waals surface area contributed by atoms with Gasteiger partial charge in [0, 0.05) is 20.0 Å². The number of likely N-dealkylation sites (N-methyl/N-ethyl adjacent to an activating group) is 1. The topological polar surface area (TPSA) is 104 Å². The molecule has 18 heavy (non-hydrogen) atoms. The number of carbonyl (C=O) groups is 2. The van der Waals surface area contributed by atoms with E-state index in [-0.39, 0.29) is 11.5 Å². The molecule has 0 aliphatic heterocycles. The van der Waals surface area contributed by atoms with Crippen molar-refractivity contribution in [1.29, 1.82) is 0 Å². The molecule has 0 saturated carbocycles. The van der Waals surface area contributed by atoms with E-state index in [0.29, 0.717) is 12.1 Å². The van der Waals surface area contributed by atoms with E-state index in [2.05, 4.69) is 0 Å². The van der Waals surface area contributed by atoms with Crippen LogP contribution in [-0.2, 0) is 16.1 Å². The van der Waals surface area contributed by atoms with Gasteiger partial charge in [0.2, 0.25) is 5.78 Å². The van der Waals surface area contributed by atoms with E-state index in [9.17, 15) is 14.7 Å². The van der Waals surface area contributed by atoms with Gasteiger partial charge < -0.3 is 10.8 Å². The maximum Gasteiger partial charge on any atom is 0.313 e. The molecule has 6 heteroatoms. The standard InChI is InChI=1S/C12H16N2O4/c1-14(18)12(17)11(16)6-10(15)9-4-2-3-8(5-9)7-13/h2-5,10,15,18H,6-7,13H2,1H3. The minimum absolute atomic E-state index is 0.200. The first kappa shape index (κ1) is 14.3. The van der Waals surface area contributed by atoms with Gasteiger partial charge in [0.1, 0.15) is 0 Å². The molecule has 1 rings (SSSR count). The first-order valence-electron chi connectivity index (χ1n) is 5.42. The van der Waals surface area contributed by atoms with Crippen molar-refractivity contribution in [3.05, 3.63) is 35.4 Å². The summed E-state index contributed by atoms with van der Waals surface area (Å²) in [7, 11) is 1.06. The van der Waals surface area contributed by atoms with Crippen LogP contribution in [0, 0.1) is 0 Å². The minimum Gasteiger partial charge on any atom is -0.388 e. The number of nitrogens with two attached hydrogens (primary N) is 1. The van der Waals surface area contributed by atoms with Gasteiger partial charge in [0.25, 0.3) is 0 Å². The van der Waals surface area contributed by atoms with Crippen molar-refractivity contribution in [3.8, 4) is 0 Å². The number of aliphatic hydroxyl groups is 1. The van der Waals surface area contributed by atoms with Crippen LogP contribution in [0.25, 0.3) is 0 Å². The zero-order chi connectivity index (χ0) is 13.7. The van der Waals surface area contributed by atoms with Crippen LogP contribution in [-0.4, -0.2) is 34.1 Å².